The van der Waals surface area contributed by atoms with Gasteiger partial charge in [-0.15, -0.1) is 5.10 Å². The van der Waals surface area contributed by atoms with E-state index < -0.39 is 5.97 Å². The highest BCUT2D eigenvalue weighted by atomic mass is 16.4. The molecule has 1 aromatic heterocycles. The summed E-state index contributed by atoms with van der Waals surface area (Å²) in [6, 6.07) is 18.9. The molecule has 3 aromatic rings. The van der Waals surface area contributed by atoms with Gasteiger partial charge in [-0.25, -0.2) is 9.48 Å². The Kier molecular flexibility index (Phi) is 3.78. The fourth-order valence-corrected chi connectivity index (χ4v) is 2.13. The molecule has 22 heavy (non-hydrogen) atoms. The number of rotatable bonds is 4. The van der Waals surface area contributed by atoms with Gasteiger partial charge < -0.3 is 5.11 Å². The molecule has 0 saturated carbocycles. The van der Waals surface area contributed by atoms with E-state index in [1.807, 2.05) is 66.7 Å². The third-order valence-corrected chi connectivity index (χ3v) is 3.15. The maximum absolute atomic E-state index is 11.3. The molecule has 5 nitrogen and oxygen atoms in total. The molecule has 0 aliphatic rings. The van der Waals surface area contributed by atoms with Crippen LogP contribution >= 0.6 is 0 Å². The summed E-state index contributed by atoms with van der Waals surface area (Å²) in [5.74, 6) is -1.10. The van der Waals surface area contributed by atoms with Crippen molar-refractivity contribution in [3.8, 4) is 11.3 Å². The third kappa shape index (κ3) is 2.78. The van der Waals surface area contributed by atoms with E-state index in [0.29, 0.717) is 5.69 Å². The normalized spacial score (nSPS) is 10.9. The molecule has 0 atom stereocenters. The van der Waals surface area contributed by atoms with Crippen molar-refractivity contribution in [1.29, 1.82) is 0 Å². The number of aromatic nitrogens is 3. The van der Waals surface area contributed by atoms with Crippen LogP contribution in [0.25, 0.3) is 23.5 Å². The van der Waals surface area contributed by atoms with E-state index >= 15 is 0 Å². The van der Waals surface area contributed by atoms with Gasteiger partial charge >= 0.3 is 5.97 Å². The monoisotopic (exact) mass is 291 g/mol. The second-order valence-electron chi connectivity index (χ2n) is 4.63. The lowest BCUT2D eigenvalue weighted by atomic mass is 10.1. The highest BCUT2D eigenvalue weighted by Gasteiger charge is 2.19. The quantitative estimate of drug-likeness (QED) is 0.801. The zero-order valence-corrected chi connectivity index (χ0v) is 11.6. The molecule has 2 aromatic carbocycles. The zero-order valence-electron chi connectivity index (χ0n) is 11.6. The van der Waals surface area contributed by atoms with E-state index in [4.69, 9.17) is 0 Å². The van der Waals surface area contributed by atoms with Gasteiger partial charge in [0.2, 0.25) is 0 Å². The topological polar surface area (TPSA) is 68.0 Å². The molecule has 1 N–H and O–H groups in total. The molecule has 0 unspecified atom stereocenters. The lowest BCUT2D eigenvalue weighted by Gasteiger charge is -2.03. The van der Waals surface area contributed by atoms with Crippen molar-refractivity contribution in [3.05, 3.63) is 71.9 Å². The van der Waals surface area contributed by atoms with Crippen LogP contribution in [-0.2, 0) is 0 Å². The van der Waals surface area contributed by atoms with E-state index in [1.54, 1.807) is 6.20 Å². The molecule has 108 valence electrons. The van der Waals surface area contributed by atoms with Crippen LogP contribution < -0.4 is 0 Å². The average molecular weight is 291 g/mol. The Bertz CT molecular complexity index is 808. The van der Waals surface area contributed by atoms with Gasteiger partial charge in [0, 0.05) is 11.8 Å². The molecule has 5 heteroatoms. The largest absolute Gasteiger partial charge is 0.476 e. The van der Waals surface area contributed by atoms with Crippen molar-refractivity contribution in [1.82, 2.24) is 15.0 Å². The number of aromatic carboxylic acids is 1. The first-order valence-electron chi connectivity index (χ1n) is 6.73. The summed E-state index contributed by atoms with van der Waals surface area (Å²) in [5.41, 5.74) is 2.14. The van der Waals surface area contributed by atoms with E-state index in [0.717, 1.165) is 11.1 Å². The van der Waals surface area contributed by atoms with Gasteiger partial charge in [-0.05, 0) is 11.6 Å². The summed E-state index contributed by atoms with van der Waals surface area (Å²) >= 11 is 0. The van der Waals surface area contributed by atoms with Crippen molar-refractivity contribution < 1.29 is 9.90 Å². The minimum atomic E-state index is -1.10. The fraction of sp³-hybridized carbons (Fsp3) is 0. The Morgan fingerprint density at radius 2 is 1.64 bits per heavy atom. The maximum Gasteiger partial charge on any atom is 0.358 e. The summed E-state index contributed by atoms with van der Waals surface area (Å²) < 4.78 is 1.48. The molecule has 0 bridgehead atoms. The summed E-state index contributed by atoms with van der Waals surface area (Å²) in [7, 11) is 0. The molecule has 0 radical (unpaired) electrons. The van der Waals surface area contributed by atoms with Crippen LogP contribution in [0.3, 0.4) is 0 Å². The molecule has 1 heterocycles. The van der Waals surface area contributed by atoms with Gasteiger partial charge in [-0.1, -0.05) is 65.9 Å². The highest BCUT2D eigenvalue weighted by Crippen LogP contribution is 2.22. The van der Waals surface area contributed by atoms with Crippen LogP contribution in [0.15, 0.2) is 60.7 Å². The molecule has 0 amide bonds. The molecule has 0 aliphatic heterocycles. The molecule has 3 rings (SSSR count). The Hall–Kier alpha value is -3.21. The standard InChI is InChI=1S/C17H13N3O2/c21-17(22)15-16(14-9-5-2-6-10-14)20(19-18-15)12-11-13-7-3-1-4-8-13/h1-12H,(H,21,22)/b12-11+. The first kappa shape index (κ1) is 13.8. The van der Waals surface area contributed by atoms with Crippen molar-refractivity contribution in [3.63, 3.8) is 0 Å². The van der Waals surface area contributed by atoms with Crippen LogP contribution in [-0.4, -0.2) is 26.1 Å². The van der Waals surface area contributed by atoms with Gasteiger partial charge in [0.05, 0.1) is 0 Å². The predicted octanol–water partition coefficient (Wildman–Crippen LogP) is 3.27. The van der Waals surface area contributed by atoms with Crippen molar-refractivity contribution >= 4 is 18.2 Å². The van der Waals surface area contributed by atoms with Crippen molar-refractivity contribution in [2.45, 2.75) is 0 Å². The molecule has 0 saturated heterocycles. The van der Waals surface area contributed by atoms with Crippen molar-refractivity contribution in [2.75, 3.05) is 0 Å². The summed E-state index contributed by atoms with van der Waals surface area (Å²) in [5, 5.41) is 17.0. The van der Waals surface area contributed by atoms with E-state index in [1.165, 1.54) is 4.68 Å². The first-order chi connectivity index (χ1) is 10.8. The average Bonchev–Trinajstić information content (AvgIpc) is 2.99. The lowest BCUT2D eigenvalue weighted by molar-refractivity contribution is 0.0691. The van der Waals surface area contributed by atoms with Gasteiger partial charge in [0.15, 0.2) is 5.69 Å². The predicted molar refractivity (Wildman–Crippen MR) is 84.1 cm³/mol. The number of carboxylic acids is 1. The molecular formula is C17H13N3O2. The smallest absolute Gasteiger partial charge is 0.358 e. The molecule has 0 aliphatic carbocycles. The Morgan fingerprint density at radius 3 is 2.27 bits per heavy atom. The number of nitrogens with zero attached hydrogens (tertiary/aromatic N) is 3. The van der Waals surface area contributed by atoms with Crippen LogP contribution in [0.4, 0.5) is 0 Å². The number of carboxylic acid groups (broad SMARTS) is 1. The van der Waals surface area contributed by atoms with Gasteiger partial charge in [-0.3, -0.25) is 0 Å². The second kappa shape index (κ2) is 6.05. The molecular weight excluding hydrogens is 278 g/mol. The van der Waals surface area contributed by atoms with Gasteiger partial charge in [0.1, 0.15) is 5.69 Å². The van der Waals surface area contributed by atoms with E-state index in [9.17, 15) is 9.90 Å². The van der Waals surface area contributed by atoms with E-state index in [2.05, 4.69) is 10.3 Å². The van der Waals surface area contributed by atoms with Crippen LogP contribution in [0.2, 0.25) is 0 Å². The molecule has 0 spiro atoms. The Balaban J connectivity index is 2.05. The minimum absolute atomic E-state index is 0.0658. The number of hydrogen-bond acceptors (Lipinski definition) is 3. The summed E-state index contributed by atoms with van der Waals surface area (Å²) in [6.45, 7) is 0. The zero-order chi connectivity index (χ0) is 15.4. The van der Waals surface area contributed by atoms with Crippen LogP contribution in [0, 0.1) is 0 Å². The number of benzene rings is 2. The Morgan fingerprint density at radius 1 is 1.00 bits per heavy atom. The minimum Gasteiger partial charge on any atom is -0.476 e. The maximum atomic E-state index is 11.3. The van der Waals surface area contributed by atoms with Crippen molar-refractivity contribution in [2.24, 2.45) is 0 Å². The van der Waals surface area contributed by atoms with Crippen LogP contribution in [0.5, 0.6) is 0 Å². The number of hydrogen-bond donors (Lipinski definition) is 1. The summed E-state index contributed by atoms with van der Waals surface area (Å²) in [6.07, 6.45) is 3.56. The highest BCUT2D eigenvalue weighted by molar-refractivity contribution is 5.93. The fourth-order valence-electron chi connectivity index (χ4n) is 2.13. The third-order valence-electron chi connectivity index (χ3n) is 3.15. The molecule has 0 fully saturated rings. The van der Waals surface area contributed by atoms with Crippen LogP contribution in [0.1, 0.15) is 16.1 Å². The van der Waals surface area contributed by atoms with E-state index in [-0.39, 0.29) is 5.69 Å². The SMILES string of the molecule is O=C(O)c1nnn(/C=C/c2ccccc2)c1-c1ccccc1. The summed E-state index contributed by atoms with van der Waals surface area (Å²) in [4.78, 5) is 11.3. The lowest BCUT2D eigenvalue weighted by Crippen LogP contribution is -2.00. The van der Waals surface area contributed by atoms with Gasteiger partial charge in [0.25, 0.3) is 0 Å². The number of carbonyl (C=O) groups is 1. The van der Waals surface area contributed by atoms with Gasteiger partial charge in [-0.2, -0.15) is 0 Å². The first-order valence-corrected chi connectivity index (χ1v) is 6.73. The Labute approximate surface area is 127 Å². The second-order valence-corrected chi connectivity index (χ2v) is 4.63.